The highest BCUT2D eigenvalue weighted by molar-refractivity contribution is 6.07. The lowest BCUT2D eigenvalue weighted by Gasteiger charge is -2.15. The first kappa shape index (κ1) is 20.0. The van der Waals surface area contributed by atoms with Gasteiger partial charge in [0.1, 0.15) is 12.6 Å². The number of benzene rings is 1. The summed E-state index contributed by atoms with van der Waals surface area (Å²) in [6, 6.07) is 5.42. The standard InChI is InChI=1S/C18H22N4O5/c1-11(23)13-9-22(15-7-3-2-5-12(13)15)10-16(24)21-14(17(25)26)6-4-8-20-18(19)27/h2-3,5,7,9,14H,4,6,8,10H2,1H3,(H,21,24)(H,25,26)(H3,19,20,27). The van der Waals surface area contributed by atoms with E-state index in [1.165, 1.54) is 6.92 Å². The van der Waals surface area contributed by atoms with E-state index in [1.807, 2.05) is 0 Å². The molecule has 1 heterocycles. The van der Waals surface area contributed by atoms with Crippen molar-refractivity contribution in [2.75, 3.05) is 6.54 Å². The lowest BCUT2D eigenvalue weighted by atomic mass is 10.1. The molecule has 1 atom stereocenters. The highest BCUT2D eigenvalue weighted by atomic mass is 16.4. The van der Waals surface area contributed by atoms with Crippen LogP contribution >= 0.6 is 0 Å². The molecule has 0 bridgehead atoms. The summed E-state index contributed by atoms with van der Waals surface area (Å²) < 4.78 is 1.62. The maximum absolute atomic E-state index is 12.3. The monoisotopic (exact) mass is 374 g/mol. The Hall–Kier alpha value is -3.36. The number of carboxylic acid groups (broad SMARTS) is 1. The molecule has 1 aromatic carbocycles. The zero-order chi connectivity index (χ0) is 20.0. The van der Waals surface area contributed by atoms with Gasteiger partial charge in [-0.15, -0.1) is 0 Å². The third-order valence-corrected chi connectivity index (χ3v) is 4.08. The van der Waals surface area contributed by atoms with Crippen molar-refractivity contribution in [2.24, 2.45) is 5.73 Å². The molecule has 144 valence electrons. The van der Waals surface area contributed by atoms with Crippen LogP contribution in [0.25, 0.3) is 10.9 Å². The first-order chi connectivity index (χ1) is 12.8. The van der Waals surface area contributed by atoms with Gasteiger partial charge < -0.3 is 26.0 Å². The second-order valence-corrected chi connectivity index (χ2v) is 6.14. The predicted octanol–water partition coefficient (Wildman–Crippen LogP) is 0.862. The smallest absolute Gasteiger partial charge is 0.326 e. The third-order valence-electron chi connectivity index (χ3n) is 4.08. The number of hydrogen-bond donors (Lipinski definition) is 4. The minimum Gasteiger partial charge on any atom is -0.480 e. The van der Waals surface area contributed by atoms with Crippen molar-refractivity contribution in [1.82, 2.24) is 15.2 Å². The molecule has 9 nitrogen and oxygen atoms in total. The molecule has 0 radical (unpaired) electrons. The summed E-state index contributed by atoms with van der Waals surface area (Å²) >= 11 is 0. The number of aromatic nitrogens is 1. The molecule has 0 saturated heterocycles. The molecule has 1 aromatic heterocycles. The molecule has 9 heteroatoms. The number of hydrogen-bond acceptors (Lipinski definition) is 4. The number of fused-ring (bicyclic) bond motifs is 1. The molecule has 27 heavy (non-hydrogen) atoms. The van der Waals surface area contributed by atoms with E-state index in [-0.39, 0.29) is 25.3 Å². The largest absolute Gasteiger partial charge is 0.480 e. The van der Waals surface area contributed by atoms with Gasteiger partial charge >= 0.3 is 12.0 Å². The van der Waals surface area contributed by atoms with Crippen LogP contribution in [0.1, 0.15) is 30.1 Å². The van der Waals surface area contributed by atoms with Gasteiger partial charge in [0.15, 0.2) is 5.78 Å². The van der Waals surface area contributed by atoms with E-state index in [9.17, 15) is 24.3 Å². The van der Waals surface area contributed by atoms with Crippen molar-refractivity contribution < 1.29 is 24.3 Å². The summed E-state index contributed by atoms with van der Waals surface area (Å²) in [5.41, 5.74) is 6.16. The Balaban J connectivity index is 2.05. The van der Waals surface area contributed by atoms with Crippen LogP contribution in [-0.2, 0) is 16.1 Å². The number of aliphatic carboxylic acids is 1. The number of carboxylic acids is 1. The van der Waals surface area contributed by atoms with Gasteiger partial charge in [-0.05, 0) is 25.8 Å². The van der Waals surface area contributed by atoms with Crippen LogP contribution in [0.2, 0.25) is 0 Å². The molecule has 0 aliphatic heterocycles. The second-order valence-electron chi connectivity index (χ2n) is 6.14. The van der Waals surface area contributed by atoms with Crippen LogP contribution in [0, 0.1) is 0 Å². The number of urea groups is 1. The van der Waals surface area contributed by atoms with Gasteiger partial charge in [-0.2, -0.15) is 0 Å². The van der Waals surface area contributed by atoms with Crippen LogP contribution < -0.4 is 16.4 Å². The molecule has 0 fully saturated rings. The third kappa shape index (κ3) is 5.30. The number of amides is 3. The van der Waals surface area contributed by atoms with Gasteiger partial charge in [0.2, 0.25) is 5.91 Å². The average molecular weight is 374 g/mol. The van der Waals surface area contributed by atoms with E-state index in [2.05, 4.69) is 10.6 Å². The minimum absolute atomic E-state index is 0.114. The molecule has 5 N–H and O–H groups in total. The fourth-order valence-electron chi connectivity index (χ4n) is 2.83. The van der Waals surface area contributed by atoms with Crippen LogP contribution in [0.3, 0.4) is 0 Å². The van der Waals surface area contributed by atoms with Crippen molar-refractivity contribution >= 4 is 34.6 Å². The topological polar surface area (TPSA) is 144 Å². The van der Waals surface area contributed by atoms with E-state index in [1.54, 1.807) is 35.0 Å². The maximum atomic E-state index is 12.3. The summed E-state index contributed by atoms with van der Waals surface area (Å²) in [5, 5.41) is 14.8. The van der Waals surface area contributed by atoms with Crippen LogP contribution in [0.4, 0.5) is 4.79 Å². The van der Waals surface area contributed by atoms with Gasteiger partial charge in [-0.25, -0.2) is 9.59 Å². The number of Topliss-reactive ketones (excluding diaryl/α,β-unsaturated/α-hetero) is 1. The zero-order valence-corrected chi connectivity index (χ0v) is 14.9. The molecule has 0 saturated carbocycles. The summed E-state index contributed by atoms with van der Waals surface area (Å²) in [4.78, 5) is 46.1. The van der Waals surface area contributed by atoms with E-state index in [4.69, 9.17) is 5.73 Å². The van der Waals surface area contributed by atoms with Gasteiger partial charge in [-0.1, -0.05) is 18.2 Å². The summed E-state index contributed by atoms with van der Waals surface area (Å²) in [5.74, 6) is -1.76. The van der Waals surface area contributed by atoms with Crippen LogP contribution in [-0.4, -0.2) is 46.0 Å². The SMILES string of the molecule is CC(=O)c1cn(CC(=O)NC(CCCNC(N)=O)C(=O)O)c2ccccc12. The van der Waals surface area contributed by atoms with Gasteiger partial charge in [0.25, 0.3) is 0 Å². The van der Waals surface area contributed by atoms with E-state index in [0.717, 1.165) is 10.9 Å². The number of primary amides is 1. The number of nitrogens with two attached hydrogens (primary N) is 1. The Bertz CT molecular complexity index is 874. The maximum Gasteiger partial charge on any atom is 0.326 e. The molecule has 1 unspecified atom stereocenters. The number of carbonyl (C=O) groups excluding carboxylic acids is 3. The number of nitrogens with zero attached hydrogens (tertiary/aromatic N) is 1. The van der Waals surface area contributed by atoms with Gasteiger partial charge in [-0.3, -0.25) is 9.59 Å². The molecule has 2 rings (SSSR count). The number of nitrogens with one attached hydrogen (secondary N) is 2. The van der Waals surface area contributed by atoms with E-state index in [0.29, 0.717) is 12.0 Å². The average Bonchev–Trinajstić information content (AvgIpc) is 2.96. The lowest BCUT2D eigenvalue weighted by molar-refractivity contribution is -0.142. The van der Waals surface area contributed by atoms with Crippen LogP contribution in [0.15, 0.2) is 30.5 Å². The molecule has 2 aromatic rings. The Kier molecular flexibility index (Phi) is 6.53. The zero-order valence-electron chi connectivity index (χ0n) is 14.9. The first-order valence-corrected chi connectivity index (χ1v) is 8.44. The fraction of sp³-hybridized carbons (Fsp3) is 0.333. The quantitative estimate of drug-likeness (QED) is 0.380. The van der Waals surface area contributed by atoms with Crippen molar-refractivity contribution in [3.05, 3.63) is 36.0 Å². The van der Waals surface area contributed by atoms with Crippen molar-refractivity contribution in [3.63, 3.8) is 0 Å². The number of para-hydroxylation sites is 1. The van der Waals surface area contributed by atoms with Crippen LogP contribution in [0.5, 0.6) is 0 Å². The molecular formula is C18H22N4O5. The Morgan fingerprint density at radius 1 is 1.22 bits per heavy atom. The summed E-state index contributed by atoms with van der Waals surface area (Å²) in [6.07, 6.45) is 2.09. The lowest BCUT2D eigenvalue weighted by Crippen LogP contribution is -2.42. The highest BCUT2D eigenvalue weighted by Gasteiger charge is 2.20. The molecular weight excluding hydrogens is 352 g/mol. The molecule has 0 aliphatic carbocycles. The van der Waals surface area contributed by atoms with E-state index < -0.39 is 23.9 Å². The summed E-state index contributed by atoms with van der Waals surface area (Å²) in [7, 11) is 0. The Morgan fingerprint density at radius 2 is 1.93 bits per heavy atom. The van der Waals surface area contributed by atoms with Gasteiger partial charge in [0.05, 0.1) is 0 Å². The van der Waals surface area contributed by atoms with Gasteiger partial charge in [0, 0.05) is 29.2 Å². The number of rotatable bonds is 9. The Labute approximate surface area is 155 Å². The highest BCUT2D eigenvalue weighted by Crippen LogP contribution is 2.21. The normalized spacial score (nSPS) is 11.7. The fourth-order valence-corrected chi connectivity index (χ4v) is 2.83. The number of carbonyl (C=O) groups is 4. The van der Waals surface area contributed by atoms with Crippen molar-refractivity contribution in [1.29, 1.82) is 0 Å². The summed E-state index contributed by atoms with van der Waals surface area (Å²) in [6.45, 7) is 1.56. The van der Waals surface area contributed by atoms with Crippen molar-refractivity contribution in [2.45, 2.75) is 32.4 Å². The minimum atomic E-state index is -1.16. The van der Waals surface area contributed by atoms with E-state index >= 15 is 0 Å². The molecule has 3 amide bonds. The van der Waals surface area contributed by atoms with Crippen molar-refractivity contribution in [3.8, 4) is 0 Å². The predicted molar refractivity (Wildman–Crippen MR) is 98.3 cm³/mol. The first-order valence-electron chi connectivity index (χ1n) is 8.44. The Morgan fingerprint density at radius 3 is 2.56 bits per heavy atom. The molecule has 0 spiro atoms. The molecule has 0 aliphatic rings. The second kappa shape index (κ2) is 8.84. The number of ketones is 1.